The molecule has 0 fully saturated rings. The molecule has 0 bridgehead atoms. The van der Waals surface area contributed by atoms with Crippen molar-refractivity contribution in [2.45, 2.75) is 12.8 Å². The van der Waals surface area contributed by atoms with Crippen molar-refractivity contribution in [3.8, 4) is 6.07 Å². The van der Waals surface area contributed by atoms with Crippen molar-refractivity contribution in [1.82, 2.24) is 5.32 Å². The fraction of sp³-hybridized carbons (Fsp3) is 0.115. The highest BCUT2D eigenvalue weighted by Crippen LogP contribution is 2.41. The van der Waals surface area contributed by atoms with E-state index in [0.29, 0.717) is 44.0 Å². The summed E-state index contributed by atoms with van der Waals surface area (Å²) < 4.78 is 5.62. The molecule has 35 heavy (non-hydrogen) atoms. The van der Waals surface area contributed by atoms with E-state index in [1.165, 1.54) is 18.0 Å². The standard InChI is InChI=1S/C26H21ClN4O3S/c1-16-23(25(33)31-19-11-9-17(27)10-12-19)24(21-8-5-13-34-21)20(14-28)26(29-16)35-15-22(32)30-18-6-3-2-4-7-18/h2-13,24,29H,15H2,1H3,(H,30,32)(H,31,33). The van der Waals surface area contributed by atoms with E-state index in [1.54, 1.807) is 55.5 Å². The Bertz CT molecular complexity index is 1330. The molecule has 3 N–H and O–H groups in total. The van der Waals surface area contributed by atoms with Crippen LogP contribution in [0.1, 0.15) is 18.6 Å². The van der Waals surface area contributed by atoms with Gasteiger partial charge in [0, 0.05) is 22.1 Å². The summed E-state index contributed by atoms with van der Waals surface area (Å²) in [5, 5.41) is 20.0. The Morgan fingerprint density at radius 1 is 1.06 bits per heavy atom. The summed E-state index contributed by atoms with van der Waals surface area (Å²) in [6, 6.07) is 21.5. The van der Waals surface area contributed by atoms with Gasteiger partial charge >= 0.3 is 0 Å². The van der Waals surface area contributed by atoms with E-state index >= 15 is 0 Å². The van der Waals surface area contributed by atoms with E-state index in [0.717, 1.165) is 0 Å². The van der Waals surface area contributed by atoms with E-state index < -0.39 is 5.92 Å². The third-order valence-electron chi connectivity index (χ3n) is 5.23. The molecular formula is C26H21ClN4O3S. The van der Waals surface area contributed by atoms with Gasteiger partial charge < -0.3 is 20.4 Å². The van der Waals surface area contributed by atoms with Gasteiger partial charge in [0.05, 0.1) is 40.2 Å². The van der Waals surface area contributed by atoms with Gasteiger partial charge in [-0.1, -0.05) is 41.6 Å². The van der Waals surface area contributed by atoms with E-state index in [-0.39, 0.29) is 17.6 Å². The number of furan rings is 1. The molecule has 2 aromatic carbocycles. The van der Waals surface area contributed by atoms with Crippen LogP contribution in [0.5, 0.6) is 0 Å². The Hall–Kier alpha value is -3.93. The molecule has 0 saturated heterocycles. The highest BCUT2D eigenvalue weighted by molar-refractivity contribution is 8.03. The van der Waals surface area contributed by atoms with Crippen molar-refractivity contribution in [2.24, 2.45) is 0 Å². The second-order valence-corrected chi connectivity index (χ2v) is 9.05. The smallest absolute Gasteiger partial charge is 0.254 e. The van der Waals surface area contributed by atoms with Gasteiger partial charge in [-0.3, -0.25) is 9.59 Å². The van der Waals surface area contributed by atoms with Crippen LogP contribution >= 0.6 is 23.4 Å². The first kappa shape index (κ1) is 24.2. The molecule has 3 aromatic rings. The summed E-state index contributed by atoms with van der Waals surface area (Å²) in [7, 11) is 0. The fourth-order valence-electron chi connectivity index (χ4n) is 3.66. The van der Waals surface area contributed by atoms with Gasteiger partial charge in [0.25, 0.3) is 5.91 Å². The molecule has 0 radical (unpaired) electrons. The first-order valence-corrected chi connectivity index (χ1v) is 12.0. The number of para-hydroxylation sites is 1. The topological polar surface area (TPSA) is 107 Å². The van der Waals surface area contributed by atoms with Crippen LogP contribution in [-0.2, 0) is 9.59 Å². The zero-order valence-corrected chi connectivity index (χ0v) is 20.2. The molecule has 2 heterocycles. The van der Waals surface area contributed by atoms with Gasteiger partial charge in [0.2, 0.25) is 5.91 Å². The van der Waals surface area contributed by atoms with Crippen molar-refractivity contribution in [2.75, 3.05) is 16.4 Å². The van der Waals surface area contributed by atoms with Crippen molar-refractivity contribution < 1.29 is 14.0 Å². The highest BCUT2D eigenvalue weighted by atomic mass is 35.5. The Labute approximate surface area is 211 Å². The Morgan fingerprint density at radius 3 is 2.43 bits per heavy atom. The average molecular weight is 505 g/mol. The number of rotatable bonds is 7. The van der Waals surface area contributed by atoms with Gasteiger partial charge in [-0.05, 0) is 55.5 Å². The number of carbonyl (C=O) groups is 2. The van der Waals surface area contributed by atoms with Crippen LogP contribution in [0.2, 0.25) is 5.02 Å². The number of carbonyl (C=O) groups excluding carboxylic acids is 2. The lowest BCUT2D eigenvalue weighted by Crippen LogP contribution is -2.31. The lowest BCUT2D eigenvalue weighted by Gasteiger charge is -2.28. The maximum Gasteiger partial charge on any atom is 0.254 e. The minimum Gasteiger partial charge on any atom is -0.468 e. The van der Waals surface area contributed by atoms with Crippen LogP contribution in [0.15, 0.2) is 99.3 Å². The number of hydrogen-bond donors (Lipinski definition) is 3. The van der Waals surface area contributed by atoms with Crippen molar-refractivity contribution in [3.63, 3.8) is 0 Å². The van der Waals surface area contributed by atoms with Crippen molar-refractivity contribution in [3.05, 3.63) is 106 Å². The third kappa shape index (κ3) is 5.77. The summed E-state index contributed by atoms with van der Waals surface area (Å²) in [6.45, 7) is 1.76. The molecule has 7 nitrogen and oxygen atoms in total. The Kier molecular flexibility index (Phi) is 7.60. The first-order chi connectivity index (χ1) is 17.0. The second kappa shape index (κ2) is 11.0. The SMILES string of the molecule is CC1=C(C(=O)Nc2ccc(Cl)cc2)C(c2ccco2)C(C#N)=C(SCC(=O)Nc2ccccc2)N1. The van der Waals surface area contributed by atoms with Gasteiger partial charge in [-0.15, -0.1) is 0 Å². The number of dihydropyridines is 1. The molecule has 0 spiro atoms. The number of nitrogens with one attached hydrogen (secondary N) is 3. The van der Waals surface area contributed by atoms with Gasteiger partial charge in [-0.2, -0.15) is 5.26 Å². The van der Waals surface area contributed by atoms with Crippen LogP contribution in [0.3, 0.4) is 0 Å². The number of hydrogen-bond acceptors (Lipinski definition) is 6. The van der Waals surface area contributed by atoms with Crippen LogP contribution in [0.4, 0.5) is 11.4 Å². The zero-order chi connectivity index (χ0) is 24.8. The minimum atomic E-state index is -0.733. The van der Waals surface area contributed by atoms with E-state index in [1.807, 2.05) is 18.2 Å². The summed E-state index contributed by atoms with van der Waals surface area (Å²) in [6.07, 6.45) is 1.50. The maximum absolute atomic E-state index is 13.3. The van der Waals surface area contributed by atoms with Crippen LogP contribution in [0, 0.1) is 11.3 Å². The van der Waals surface area contributed by atoms with Crippen LogP contribution < -0.4 is 16.0 Å². The predicted molar refractivity (Wildman–Crippen MR) is 138 cm³/mol. The number of amides is 2. The second-order valence-electron chi connectivity index (χ2n) is 7.63. The number of allylic oxidation sites excluding steroid dienone is 2. The molecule has 4 rings (SSSR count). The Balaban J connectivity index is 1.58. The first-order valence-electron chi connectivity index (χ1n) is 10.7. The van der Waals surface area contributed by atoms with Gasteiger partial charge in [0.15, 0.2) is 0 Å². The number of thioether (sulfide) groups is 1. The summed E-state index contributed by atoms with van der Waals surface area (Å²) in [4.78, 5) is 25.8. The molecule has 9 heteroatoms. The largest absolute Gasteiger partial charge is 0.468 e. The highest BCUT2D eigenvalue weighted by Gasteiger charge is 2.36. The number of benzene rings is 2. The molecule has 176 valence electrons. The quantitative estimate of drug-likeness (QED) is 0.384. The zero-order valence-electron chi connectivity index (χ0n) is 18.7. The minimum absolute atomic E-state index is 0.0763. The summed E-state index contributed by atoms with van der Waals surface area (Å²) in [5.41, 5.74) is 2.46. The molecule has 0 saturated carbocycles. The lowest BCUT2D eigenvalue weighted by atomic mass is 9.85. The number of anilines is 2. The molecule has 0 aliphatic carbocycles. The molecule has 1 atom stereocenters. The number of halogens is 1. The van der Waals surface area contributed by atoms with E-state index in [4.69, 9.17) is 16.0 Å². The Morgan fingerprint density at radius 2 is 1.77 bits per heavy atom. The molecule has 1 aromatic heterocycles. The third-order valence-corrected chi connectivity index (χ3v) is 6.50. The molecular weight excluding hydrogens is 484 g/mol. The molecule has 1 unspecified atom stereocenters. The predicted octanol–water partition coefficient (Wildman–Crippen LogP) is 5.64. The van der Waals surface area contributed by atoms with Crippen LogP contribution in [-0.4, -0.2) is 17.6 Å². The monoisotopic (exact) mass is 504 g/mol. The number of nitrogens with zero attached hydrogens (tertiary/aromatic N) is 1. The molecule has 2 amide bonds. The normalized spacial score (nSPS) is 15.3. The van der Waals surface area contributed by atoms with Gasteiger partial charge in [0.1, 0.15) is 5.76 Å². The van der Waals surface area contributed by atoms with E-state index in [9.17, 15) is 14.9 Å². The summed E-state index contributed by atoms with van der Waals surface area (Å²) >= 11 is 7.14. The average Bonchev–Trinajstić information content (AvgIpc) is 3.39. The molecule has 1 aliphatic rings. The van der Waals surface area contributed by atoms with Crippen molar-refractivity contribution in [1.29, 1.82) is 5.26 Å². The van der Waals surface area contributed by atoms with Crippen LogP contribution in [0.25, 0.3) is 0 Å². The maximum atomic E-state index is 13.3. The van der Waals surface area contributed by atoms with Gasteiger partial charge in [-0.25, -0.2) is 0 Å². The lowest BCUT2D eigenvalue weighted by molar-refractivity contribution is -0.114. The number of nitriles is 1. The van der Waals surface area contributed by atoms with Crippen molar-refractivity contribution >= 4 is 46.6 Å². The summed E-state index contributed by atoms with van der Waals surface area (Å²) in [5.74, 6) is -0.793. The molecule has 1 aliphatic heterocycles. The fourth-order valence-corrected chi connectivity index (χ4v) is 4.67. The van der Waals surface area contributed by atoms with E-state index in [2.05, 4.69) is 22.0 Å².